The van der Waals surface area contributed by atoms with E-state index in [0.29, 0.717) is 28.8 Å². The van der Waals surface area contributed by atoms with Gasteiger partial charge in [0.25, 0.3) is 0 Å². The van der Waals surface area contributed by atoms with Crippen LogP contribution < -0.4 is 10.9 Å². The third-order valence-electron chi connectivity index (χ3n) is 5.34. The zero-order chi connectivity index (χ0) is 21.5. The van der Waals surface area contributed by atoms with E-state index in [1.807, 2.05) is 13.0 Å². The standard InChI is InChI=1S/C24H24N2O4/c1-14-16(7-8-22(27)26-15-6-5-9-25-12-15)23(28)30-21-11-20-18(10-17(14)21)19(13-29-20)24(2,3)4/h5-6,9-13H,7-8H2,1-4H3,(H,26,27). The summed E-state index contributed by atoms with van der Waals surface area (Å²) in [7, 11) is 0. The van der Waals surface area contributed by atoms with E-state index in [1.165, 1.54) is 0 Å². The highest BCUT2D eigenvalue weighted by Gasteiger charge is 2.21. The average molecular weight is 404 g/mol. The molecule has 0 spiro atoms. The first-order valence-electron chi connectivity index (χ1n) is 9.92. The number of aromatic nitrogens is 1. The third-order valence-corrected chi connectivity index (χ3v) is 5.34. The molecule has 3 aromatic heterocycles. The van der Waals surface area contributed by atoms with Gasteiger partial charge in [0.2, 0.25) is 5.91 Å². The Bertz CT molecular complexity index is 1290. The zero-order valence-electron chi connectivity index (χ0n) is 17.5. The number of anilines is 1. The molecule has 0 saturated heterocycles. The van der Waals surface area contributed by atoms with Crippen LogP contribution in [0.5, 0.6) is 0 Å². The highest BCUT2D eigenvalue weighted by Crippen LogP contribution is 2.35. The van der Waals surface area contributed by atoms with E-state index in [0.717, 1.165) is 21.9 Å². The topological polar surface area (TPSA) is 85.3 Å². The smallest absolute Gasteiger partial charge is 0.339 e. The Kier molecular flexibility index (Phi) is 4.94. The number of furan rings is 1. The van der Waals surface area contributed by atoms with Gasteiger partial charge < -0.3 is 14.2 Å². The maximum atomic E-state index is 12.6. The first kappa shape index (κ1) is 19.9. The van der Waals surface area contributed by atoms with E-state index in [1.54, 1.807) is 36.9 Å². The van der Waals surface area contributed by atoms with Crippen molar-refractivity contribution in [3.8, 4) is 0 Å². The number of pyridine rings is 1. The van der Waals surface area contributed by atoms with Gasteiger partial charge in [-0.05, 0) is 42.5 Å². The second-order valence-corrected chi connectivity index (χ2v) is 8.53. The number of benzene rings is 1. The summed E-state index contributed by atoms with van der Waals surface area (Å²) in [5.41, 5.74) is 3.76. The Morgan fingerprint density at radius 3 is 2.67 bits per heavy atom. The largest absolute Gasteiger partial charge is 0.464 e. The molecule has 0 bridgehead atoms. The number of hydrogen-bond acceptors (Lipinski definition) is 5. The summed E-state index contributed by atoms with van der Waals surface area (Å²) in [5.74, 6) is -0.179. The molecule has 0 aliphatic heterocycles. The van der Waals surface area contributed by atoms with Gasteiger partial charge >= 0.3 is 5.63 Å². The summed E-state index contributed by atoms with van der Waals surface area (Å²) in [6.45, 7) is 8.29. The molecule has 154 valence electrons. The van der Waals surface area contributed by atoms with E-state index >= 15 is 0 Å². The van der Waals surface area contributed by atoms with Crippen molar-refractivity contribution in [1.82, 2.24) is 4.98 Å². The number of carbonyl (C=O) groups is 1. The maximum absolute atomic E-state index is 12.6. The normalized spacial score (nSPS) is 11.9. The van der Waals surface area contributed by atoms with Gasteiger partial charge in [-0.3, -0.25) is 9.78 Å². The van der Waals surface area contributed by atoms with Crippen LogP contribution >= 0.6 is 0 Å². The highest BCUT2D eigenvalue weighted by atomic mass is 16.4. The molecule has 6 heteroatoms. The molecular formula is C24H24N2O4. The number of rotatable bonds is 4. The van der Waals surface area contributed by atoms with Crippen molar-refractivity contribution in [1.29, 1.82) is 0 Å². The summed E-state index contributed by atoms with van der Waals surface area (Å²) in [6, 6.07) is 7.31. The lowest BCUT2D eigenvalue weighted by molar-refractivity contribution is -0.116. The Hall–Kier alpha value is -3.41. The Balaban J connectivity index is 1.67. The maximum Gasteiger partial charge on any atom is 0.339 e. The van der Waals surface area contributed by atoms with Crippen LogP contribution in [-0.2, 0) is 16.6 Å². The van der Waals surface area contributed by atoms with Crippen molar-refractivity contribution >= 4 is 33.5 Å². The van der Waals surface area contributed by atoms with E-state index in [4.69, 9.17) is 8.83 Å². The molecule has 1 aromatic carbocycles. The number of fused-ring (bicyclic) bond motifs is 2. The molecular weight excluding hydrogens is 380 g/mol. The number of nitrogens with zero attached hydrogens (tertiary/aromatic N) is 1. The second kappa shape index (κ2) is 7.44. The lowest BCUT2D eigenvalue weighted by Crippen LogP contribution is -2.16. The van der Waals surface area contributed by atoms with Gasteiger partial charge in [-0.2, -0.15) is 0 Å². The summed E-state index contributed by atoms with van der Waals surface area (Å²) in [4.78, 5) is 28.8. The minimum atomic E-state index is -0.420. The molecule has 30 heavy (non-hydrogen) atoms. The highest BCUT2D eigenvalue weighted by molar-refractivity contribution is 5.97. The van der Waals surface area contributed by atoms with Crippen molar-refractivity contribution in [3.63, 3.8) is 0 Å². The summed E-state index contributed by atoms with van der Waals surface area (Å²) in [6.07, 6.45) is 5.46. The van der Waals surface area contributed by atoms with Gasteiger partial charge in [-0.15, -0.1) is 0 Å². The molecule has 0 atom stereocenters. The number of aryl methyl sites for hydroxylation is 1. The van der Waals surface area contributed by atoms with E-state index in [2.05, 4.69) is 31.1 Å². The van der Waals surface area contributed by atoms with Crippen LogP contribution in [0.3, 0.4) is 0 Å². The first-order valence-corrected chi connectivity index (χ1v) is 9.92. The fourth-order valence-corrected chi connectivity index (χ4v) is 3.68. The van der Waals surface area contributed by atoms with Gasteiger partial charge in [0.05, 0.1) is 18.1 Å². The van der Waals surface area contributed by atoms with Crippen LogP contribution in [0, 0.1) is 6.92 Å². The third kappa shape index (κ3) is 3.73. The van der Waals surface area contributed by atoms with E-state index < -0.39 is 5.63 Å². The van der Waals surface area contributed by atoms with E-state index in [9.17, 15) is 9.59 Å². The number of nitrogens with one attached hydrogen (secondary N) is 1. The molecule has 1 N–H and O–H groups in total. The fourth-order valence-electron chi connectivity index (χ4n) is 3.68. The average Bonchev–Trinajstić information content (AvgIpc) is 3.10. The molecule has 0 unspecified atom stereocenters. The molecule has 1 amide bonds. The summed E-state index contributed by atoms with van der Waals surface area (Å²) in [5, 5.41) is 4.65. The van der Waals surface area contributed by atoms with Crippen LogP contribution in [0.4, 0.5) is 5.69 Å². The molecule has 6 nitrogen and oxygen atoms in total. The fraction of sp³-hybridized carbons (Fsp3) is 0.292. The quantitative estimate of drug-likeness (QED) is 0.478. The predicted octanol–water partition coefficient (Wildman–Crippen LogP) is 5.11. The monoisotopic (exact) mass is 404 g/mol. The number of amides is 1. The molecule has 0 saturated carbocycles. The predicted molar refractivity (Wildman–Crippen MR) is 117 cm³/mol. The SMILES string of the molecule is Cc1c(CCC(=O)Nc2cccnc2)c(=O)oc2cc3occ(C(C)(C)C)c3cc12. The van der Waals surface area contributed by atoms with Crippen molar-refractivity contribution in [2.24, 2.45) is 0 Å². The Morgan fingerprint density at radius 2 is 1.97 bits per heavy atom. The molecule has 0 fully saturated rings. The van der Waals surface area contributed by atoms with Crippen molar-refractivity contribution < 1.29 is 13.6 Å². The van der Waals surface area contributed by atoms with Gasteiger partial charge in [-0.1, -0.05) is 20.8 Å². The first-order chi connectivity index (χ1) is 14.2. The number of hydrogen-bond donors (Lipinski definition) is 1. The lowest BCUT2D eigenvalue weighted by Gasteiger charge is -2.16. The van der Waals surface area contributed by atoms with Crippen LogP contribution in [0.15, 0.2) is 56.6 Å². The Labute approximate surface area is 173 Å². The molecule has 4 aromatic rings. The summed E-state index contributed by atoms with van der Waals surface area (Å²) >= 11 is 0. The van der Waals surface area contributed by atoms with Gasteiger partial charge in [0.1, 0.15) is 11.2 Å². The van der Waals surface area contributed by atoms with E-state index in [-0.39, 0.29) is 17.7 Å². The Morgan fingerprint density at radius 1 is 1.17 bits per heavy atom. The van der Waals surface area contributed by atoms with Crippen LogP contribution in [0.25, 0.3) is 21.9 Å². The van der Waals surface area contributed by atoms with Gasteiger partial charge in [0.15, 0.2) is 0 Å². The van der Waals surface area contributed by atoms with Gasteiger partial charge in [0, 0.05) is 40.6 Å². The molecule has 3 heterocycles. The van der Waals surface area contributed by atoms with Crippen LogP contribution in [0.1, 0.15) is 43.9 Å². The molecule has 4 rings (SSSR count). The minimum absolute atomic E-state index is 0.0737. The summed E-state index contributed by atoms with van der Waals surface area (Å²) < 4.78 is 11.3. The molecule has 0 aliphatic rings. The lowest BCUT2D eigenvalue weighted by atomic mass is 9.86. The van der Waals surface area contributed by atoms with Gasteiger partial charge in [-0.25, -0.2) is 4.79 Å². The van der Waals surface area contributed by atoms with Crippen molar-refractivity contribution in [2.75, 3.05) is 5.32 Å². The minimum Gasteiger partial charge on any atom is -0.464 e. The molecule has 0 radical (unpaired) electrons. The molecule has 0 aliphatic carbocycles. The van der Waals surface area contributed by atoms with Crippen LogP contribution in [0.2, 0.25) is 0 Å². The second-order valence-electron chi connectivity index (χ2n) is 8.53. The van der Waals surface area contributed by atoms with Crippen LogP contribution in [-0.4, -0.2) is 10.9 Å². The van der Waals surface area contributed by atoms with Crippen molar-refractivity contribution in [2.45, 2.75) is 46.0 Å². The van der Waals surface area contributed by atoms with Crippen molar-refractivity contribution in [3.05, 3.63) is 70.0 Å². The zero-order valence-corrected chi connectivity index (χ0v) is 17.5. The number of carbonyl (C=O) groups excluding carboxylic acids is 1.